The van der Waals surface area contributed by atoms with Crippen LogP contribution in [0.15, 0.2) is 91.2 Å². The highest BCUT2D eigenvalue weighted by Crippen LogP contribution is 2.33. The molecule has 3 atom stereocenters. The number of hydrogen-bond acceptors (Lipinski definition) is 5. The third-order valence-electron chi connectivity index (χ3n) is 10.0. The van der Waals surface area contributed by atoms with Gasteiger partial charge in [0.05, 0.1) is 0 Å². The zero-order chi connectivity index (χ0) is 31.5. The van der Waals surface area contributed by atoms with Crippen molar-refractivity contribution in [2.45, 2.75) is 56.8 Å². The lowest BCUT2D eigenvalue weighted by Gasteiger charge is -2.41. The number of nitrogens with one attached hydrogen (secondary N) is 2. The Balaban J connectivity index is 1.02. The van der Waals surface area contributed by atoms with Crippen LogP contribution < -0.4 is 15.5 Å². The van der Waals surface area contributed by atoms with Gasteiger partial charge in [-0.1, -0.05) is 72.3 Å². The summed E-state index contributed by atoms with van der Waals surface area (Å²) in [5.41, 5.74) is 7.57. The Labute approximate surface area is 276 Å². The highest BCUT2D eigenvalue weighted by molar-refractivity contribution is 6.30. The second-order valence-corrected chi connectivity index (χ2v) is 13.3. The molecule has 46 heavy (non-hydrogen) atoms. The molecule has 0 bridgehead atoms. The largest absolute Gasteiger partial charge is 0.370 e. The Morgan fingerprint density at radius 3 is 2.54 bits per heavy atom. The van der Waals surface area contributed by atoms with Crippen LogP contribution in [-0.2, 0) is 35.4 Å². The van der Waals surface area contributed by atoms with Crippen molar-refractivity contribution in [1.82, 2.24) is 20.4 Å². The van der Waals surface area contributed by atoms with Crippen LogP contribution in [0.25, 0.3) is 0 Å². The van der Waals surface area contributed by atoms with E-state index >= 15 is 0 Å². The maximum absolute atomic E-state index is 14.1. The molecule has 4 aliphatic rings. The summed E-state index contributed by atoms with van der Waals surface area (Å²) in [6.45, 7) is 4.50. The van der Waals surface area contributed by atoms with Crippen molar-refractivity contribution in [2.75, 3.05) is 37.6 Å². The van der Waals surface area contributed by atoms with Gasteiger partial charge in [-0.15, -0.1) is 0 Å². The number of anilines is 1. The fourth-order valence-electron chi connectivity index (χ4n) is 7.53. The molecule has 3 unspecified atom stereocenters. The number of hydrogen-bond donors (Lipinski definition) is 2. The molecule has 7 rings (SSSR count). The molecule has 0 spiro atoms. The van der Waals surface area contributed by atoms with Gasteiger partial charge < -0.3 is 25.3 Å². The highest BCUT2D eigenvalue weighted by Gasteiger charge is 2.32. The standard InChI is InChI=1S/C38H42ClN5O2/c39-30-14-11-27(12-15-30)23-35(41-37(45)25-34-32-9-3-2-7-29(32)26-40-34)38(46)44-21-19-43(20-22-44)36-10-6-8-28-13-16-31(24-33(28)36)42-17-4-1-5-18-42/h1-12,14-15,17,31,34-35,40H,13,16,18-26H2,(H,41,45). The van der Waals surface area contributed by atoms with Gasteiger partial charge in [0.15, 0.2) is 0 Å². The van der Waals surface area contributed by atoms with Gasteiger partial charge in [-0.25, -0.2) is 0 Å². The van der Waals surface area contributed by atoms with Crippen molar-refractivity contribution in [1.29, 1.82) is 0 Å². The number of aryl methyl sites for hydroxylation is 1. The zero-order valence-electron chi connectivity index (χ0n) is 26.2. The predicted octanol–water partition coefficient (Wildman–Crippen LogP) is 5.19. The highest BCUT2D eigenvalue weighted by atomic mass is 35.5. The number of carbonyl (C=O) groups excluding carboxylic acids is 2. The molecule has 8 heteroatoms. The minimum Gasteiger partial charge on any atom is -0.370 e. The normalized spacial score (nSPS) is 21.1. The van der Waals surface area contributed by atoms with Crippen molar-refractivity contribution in [3.05, 3.63) is 124 Å². The molecule has 3 aromatic rings. The Hall–Kier alpha value is -4.07. The number of fused-ring (bicyclic) bond motifs is 2. The van der Waals surface area contributed by atoms with E-state index in [0.717, 1.165) is 50.1 Å². The summed E-state index contributed by atoms with van der Waals surface area (Å²) in [7, 11) is 0. The smallest absolute Gasteiger partial charge is 0.245 e. The zero-order valence-corrected chi connectivity index (χ0v) is 27.0. The molecule has 7 nitrogen and oxygen atoms in total. The number of amides is 2. The third-order valence-corrected chi connectivity index (χ3v) is 10.3. The number of benzene rings is 3. The van der Waals surface area contributed by atoms with Crippen molar-refractivity contribution in [2.24, 2.45) is 0 Å². The average molecular weight is 636 g/mol. The molecule has 2 N–H and O–H groups in total. The number of nitrogens with zero attached hydrogens (tertiary/aromatic N) is 3. The number of carbonyl (C=O) groups is 2. The van der Waals surface area contributed by atoms with E-state index in [0.29, 0.717) is 37.0 Å². The number of halogens is 1. The summed E-state index contributed by atoms with van der Waals surface area (Å²) in [5, 5.41) is 7.23. The van der Waals surface area contributed by atoms with Gasteiger partial charge in [-0.05, 0) is 77.6 Å². The fourth-order valence-corrected chi connectivity index (χ4v) is 7.65. The van der Waals surface area contributed by atoms with Crippen LogP contribution in [0.2, 0.25) is 5.02 Å². The summed E-state index contributed by atoms with van der Waals surface area (Å²) < 4.78 is 0. The molecule has 3 heterocycles. The number of allylic oxidation sites excluding steroid dienone is 2. The topological polar surface area (TPSA) is 67.9 Å². The molecule has 1 aliphatic carbocycles. The summed E-state index contributed by atoms with van der Waals surface area (Å²) >= 11 is 6.14. The van der Waals surface area contributed by atoms with E-state index in [2.05, 4.69) is 75.2 Å². The van der Waals surface area contributed by atoms with Crippen LogP contribution in [0.5, 0.6) is 0 Å². The molecule has 0 saturated carbocycles. The molecule has 3 aliphatic heterocycles. The number of rotatable bonds is 8. The molecule has 3 aromatic carbocycles. The monoisotopic (exact) mass is 635 g/mol. The molecular formula is C38H42ClN5O2. The molecule has 2 amide bonds. The quantitative estimate of drug-likeness (QED) is 0.357. The Bertz CT molecular complexity index is 1630. The minimum absolute atomic E-state index is 0.0252. The summed E-state index contributed by atoms with van der Waals surface area (Å²) in [4.78, 5) is 34.3. The van der Waals surface area contributed by atoms with Crippen LogP contribution in [0, 0.1) is 0 Å². The minimum atomic E-state index is -0.645. The lowest BCUT2D eigenvalue weighted by atomic mass is 9.86. The second-order valence-electron chi connectivity index (χ2n) is 12.9. The lowest BCUT2D eigenvalue weighted by Crippen LogP contribution is -2.56. The van der Waals surface area contributed by atoms with E-state index in [-0.39, 0.29) is 17.9 Å². The molecule has 1 saturated heterocycles. The molecule has 0 aromatic heterocycles. The molecule has 0 radical (unpaired) electrons. The first-order valence-corrected chi connectivity index (χ1v) is 17.0. The lowest BCUT2D eigenvalue weighted by molar-refractivity contribution is -0.136. The van der Waals surface area contributed by atoms with E-state index in [1.165, 1.54) is 28.8 Å². The van der Waals surface area contributed by atoms with Crippen molar-refractivity contribution in [3.8, 4) is 0 Å². The van der Waals surface area contributed by atoms with E-state index < -0.39 is 6.04 Å². The van der Waals surface area contributed by atoms with E-state index in [1.54, 1.807) is 0 Å². The van der Waals surface area contributed by atoms with Gasteiger partial charge in [0, 0.05) is 74.9 Å². The summed E-state index contributed by atoms with van der Waals surface area (Å²) in [6, 6.07) is 22.3. The van der Waals surface area contributed by atoms with Gasteiger partial charge in [0.25, 0.3) is 0 Å². The van der Waals surface area contributed by atoms with E-state index in [1.807, 2.05) is 41.3 Å². The molecular weight excluding hydrogens is 594 g/mol. The van der Waals surface area contributed by atoms with Crippen LogP contribution in [0.1, 0.15) is 46.7 Å². The van der Waals surface area contributed by atoms with Gasteiger partial charge in [-0.2, -0.15) is 0 Å². The van der Waals surface area contributed by atoms with Crippen LogP contribution >= 0.6 is 11.6 Å². The summed E-state index contributed by atoms with van der Waals surface area (Å²) in [5.74, 6) is -0.146. The average Bonchev–Trinajstić information content (AvgIpc) is 3.51. The maximum Gasteiger partial charge on any atom is 0.245 e. The predicted molar refractivity (Wildman–Crippen MR) is 184 cm³/mol. The van der Waals surface area contributed by atoms with Crippen molar-refractivity contribution < 1.29 is 9.59 Å². The Morgan fingerprint density at radius 2 is 1.74 bits per heavy atom. The molecule has 1 fully saturated rings. The first-order valence-electron chi connectivity index (χ1n) is 16.6. The van der Waals surface area contributed by atoms with Gasteiger partial charge in [-0.3, -0.25) is 9.59 Å². The van der Waals surface area contributed by atoms with E-state index in [9.17, 15) is 9.59 Å². The fraction of sp³-hybridized carbons (Fsp3) is 0.368. The number of piperazine rings is 1. The van der Waals surface area contributed by atoms with Crippen molar-refractivity contribution >= 4 is 29.1 Å². The third kappa shape index (κ3) is 6.72. The first-order chi connectivity index (χ1) is 22.5. The summed E-state index contributed by atoms with van der Waals surface area (Å²) in [6.07, 6.45) is 12.7. The van der Waals surface area contributed by atoms with Gasteiger partial charge in [0.2, 0.25) is 11.8 Å². The maximum atomic E-state index is 14.1. The van der Waals surface area contributed by atoms with Gasteiger partial charge in [0.1, 0.15) is 6.04 Å². The van der Waals surface area contributed by atoms with E-state index in [4.69, 9.17) is 11.6 Å². The SMILES string of the molecule is O=C(CC1NCc2ccccc21)NC(Cc1ccc(Cl)cc1)C(=O)N1CCN(c2cccc3c2CC(N2C=CC=CC2)CC3)CC1. The van der Waals surface area contributed by atoms with Crippen LogP contribution in [-0.4, -0.2) is 66.4 Å². The Morgan fingerprint density at radius 1 is 0.935 bits per heavy atom. The van der Waals surface area contributed by atoms with Crippen molar-refractivity contribution in [3.63, 3.8) is 0 Å². The van der Waals surface area contributed by atoms with Crippen LogP contribution in [0.4, 0.5) is 5.69 Å². The Kier molecular flexibility index (Phi) is 9.13. The first kappa shape index (κ1) is 30.6. The molecule has 238 valence electrons. The van der Waals surface area contributed by atoms with Gasteiger partial charge >= 0.3 is 0 Å². The van der Waals surface area contributed by atoms with Crippen LogP contribution in [0.3, 0.4) is 0 Å². The second kappa shape index (κ2) is 13.7.